The van der Waals surface area contributed by atoms with Crippen LogP contribution < -0.4 is 0 Å². The zero-order valence-corrected chi connectivity index (χ0v) is 32.7. The number of carbonyl (C=O) groups is 6. The van der Waals surface area contributed by atoms with Gasteiger partial charge in [0, 0.05) is 40.5 Å². The number of rotatable bonds is 9. The van der Waals surface area contributed by atoms with Crippen LogP contribution in [0, 0.1) is 16.7 Å². The third-order valence-electron chi connectivity index (χ3n) is 12.1. The van der Waals surface area contributed by atoms with Gasteiger partial charge in [0.1, 0.15) is 24.4 Å². The largest absolute Gasteiger partial charge is 0.462 e. The number of fused-ring (bicyclic) bond motifs is 4. The molecule has 300 valence electrons. The fourth-order valence-electron chi connectivity index (χ4n) is 9.86. The molecule has 10 atom stereocenters. The first kappa shape index (κ1) is 40.6. The molecule has 3 aliphatic carbocycles. The van der Waals surface area contributed by atoms with Crippen LogP contribution in [0.15, 0.2) is 71.8 Å². The Morgan fingerprint density at radius 3 is 1.71 bits per heavy atom. The van der Waals surface area contributed by atoms with Gasteiger partial charge in [0.15, 0.2) is 17.8 Å². The van der Waals surface area contributed by atoms with Crippen molar-refractivity contribution in [2.45, 2.75) is 116 Å². The fourth-order valence-corrected chi connectivity index (χ4v) is 9.86. The smallest absolute Gasteiger partial charge is 0.338 e. The molecular weight excluding hydrogens is 728 g/mol. The number of hydrogen-bond donors (Lipinski definition) is 1. The van der Waals surface area contributed by atoms with E-state index >= 15 is 0 Å². The summed E-state index contributed by atoms with van der Waals surface area (Å²) in [6.07, 6.45) is -8.20. The maximum Gasteiger partial charge on any atom is 0.338 e. The predicted molar refractivity (Wildman–Crippen MR) is 194 cm³/mol. The minimum atomic E-state index is -1.92. The molecule has 1 aliphatic heterocycles. The molecule has 10 unspecified atom stereocenters. The highest BCUT2D eigenvalue weighted by molar-refractivity contribution is 5.90. The van der Waals surface area contributed by atoms with Gasteiger partial charge in [-0.25, -0.2) is 9.59 Å². The van der Waals surface area contributed by atoms with E-state index in [1.165, 1.54) is 46.8 Å². The molecular formula is C42H48O14. The molecule has 2 saturated carbocycles. The van der Waals surface area contributed by atoms with Gasteiger partial charge in [-0.1, -0.05) is 43.3 Å². The van der Waals surface area contributed by atoms with Gasteiger partial charge >= 0.3 is 35.8 Å². The normalized spacial score (nSPS) is 33.2. The summed E-state index contributed by atoms with van der Waals surface area (Å²) in [5.41, 5.74) is -6.23. The predicted octanol–water partition coefficient (Wildman–Crippen LogP) is 4.45. The Morgan fingerprint density at radius 2 is 1.25 bits per heavy atom. The van der Waals surface area contributed by atoms with Crippen molar-refractivity contribution in [2.75, 3.05) is 6.61 Å². The first-order chi connectivity index (χ1) is 26.3. The van der Waals surface area contributed by atoms with E-state index in [4.69, 9.17) is 33.2 Å². The molecule has 2 aromatic carbocycles. The molecule has 14 heteroatoms. The summed E-state index contributed by atoms with van der Waals surface area (Å²) >= 11 is 0. The monoisotopic (exact) mass is 776 g/mol. The van der Waals surface area contributed by atoms with Crippen LogP contribution in [0.1, 0.15) is 88.9 Å². The van der Waals surface area contributed by atoms with E-state index in [9.17, 15) is 33.9 Å². The zero-order valence-electron chi connectivity index (χ0n) is 32.7. The lowest BCUT2D eigenvalue weighted by Crippen LogP contribution is -2.79. The van der Waals surface area contributed by atoms with Crippen LogP contribution in [-0.4, -0.2) is 95.4 Å². The van der Waals surface area contributed by atoms with Gasteiger partial charge < -0.3 is 38.3 Å². The zero-order chi connectivity index (χ0) is 41.0. The van der Waals surface area contributed by atoms with Crippen molar-refractivity contribution in [2.24, 2.45) is 16.7 Å². The third-order valence-corrected chi connectivity index (χ3v) is 12.1. The van der Waals surface area contributed by atoms with Crippen molar-refractivity contribution in [3.63, 3.8) is 0 Å². The Kier molecular flexibility index (Phi) is 10.7. The molecule has 0 bridgehead atoms. The molecule has 0 radical (unpaired) electrons. The second-order valence-electron chi connectivity index (χ2n) is 15.9. The summed E-state index contributed by atoms with van der Waals surface area (Å²) in [4.78, 5) is 80.9. The van der Waals surface area contributed by atoms with Crippen molar-refractivity contribution < 1.29 is 67.0 Å². The van der Waals surface area contributed by atoms with Crippen molar-refractivity contribution >= 4 is 35.8 Å². The molecule has 1 saturated heterocycles. The highest BCUT2D eigenvalue weighted by Gasteiger charge is 2.81. The second kappa shape index (κ2) is 14.8. The molecule has 1 heterocycles. The van der Waals surface area contributed by atoms with Crippen LogP contribution >= 0.6 is 0 Å². The van der Waals surface area contributed by atoms with Gasteiger partial charge in [0.05, 0.1) is 40.1 Å². The molecule has 0 amide bonds. The van der Waals surface area contributed by atoms with Crippen LogP contribution in [0.3, 0.4) is 0 Å². The molecule has 14 nitrogen and oxygen atoms in total. The molecule has 6 rings (SSSR count). The summed E-state index contributed by atoms with van der Waals surface area (Å²) in [5.74, 6) is -5.85. The Morgan fingerprint density at radius 1 is 0.732 bits per heavy atom. The summed E-state index contributed by atoms with van der Waals surface area (Å²) < 4.78 is 43.6. The Hall–Kier alpha value is -5.08. The fraction of sp³-hybridized carbons (Fsp3) is 0.524. The maximum absolute atomic E-state index is 14.3. The molecule has 56 heavy (non-hydrogen) atoms. The minimum Gasteiger partial charge on any atom is -0.462 e. The average Bonchev–Trinajstić information content (AvgIpc) is 3.38. The highest BCUT2D eigenvalue weighted by Crippen LogP contribution is 2.69. The van der Waals surface area contributed by atoms with Crippen LogP contribution in [-0.2, 0) is 52.3 Å². The van der Waals surface area contributed by atoms with Crippen molar-refractivity contribution in [1.29, 1.82) is 0 Å². The quantitative estimate of drug-likeness (QED) is 0.214. The van der Waals surface area contributed by atoms with Crippen LogP contribution in [0.25, 0.3) is 0 Å². The van der Waals surface area contributed by atoms with E-state index in [1.807, 2.05) is 0 Å². The van der Waals surface area contributed by atoms with Crippen molar-refractivity contribution in [3.05, 3.63) is 82.9 Å². The first-order valence-corrected chi connectivity index (χ1v) is 18.6. The summed E-state index contributed by atoms with van der Waals surface area (Å²) in [5, 5.41) is 12.7. The van der Waals surface area contributed by atoms with E-state index in [2.05, 4.69) is 0 Å². The van der Waals surface area contributed by atoms with Gasteiger partial charge in [0.25, 0.3) is 0 Å². The Balaban J connectivity index is 1.72. The third kappa shape index (κ3) is 6.66. The topological polar surface area (TPSA) is 187 Å². The van der Waals surface area contributed by atoms with Gasteiger partial charge in [-0.15, -0.1) is 0 Å². The van der Waals surface area contributed by atoms with Crippen LogP contribution in [0.2, 0.25) is 0 Å². The number of carbonyl (C=O) groups excluding carboxylic acids is 6. The lowest BCUT2D eigenvalue weighted by Gasteiger charge is -2.65. The molecule has 1 N–H and O–H groups in total. The minimum absolute atomic E-state index is 0.0609. The molecule has 0 spiro atoms. The van der Waals surface area contributed by atoms with Gasteiger partial charge in [-0.2, -0.15) is 0 Å². The molecule has 4 aliphatic rings. The molecule has 2 aromatic rings. The maximum atomic E-state index is 14.3. The number of esters is 6. The van der Waals surface area contributed by atoms with Crippen molar-refractivity contribution in [1.82, 2.24) is 0 Å². The van der Waals surface area contributed by atoms with E-state index in [-0.39, 0.29) is 36.1 Å². The first-order valence-electron chi connectivity index (χ1n) is 18.6. The van der Waals surface area contributed by atoms with E-state index < -0.39 is 100 Å². The van der Waals surface area contributed by atoms with E-state index in [0.717, 1.165) is 6.92 Å². The number of ether oxygens (including phenoxy) is 7. The van der Waals surface area contributed by atoms with E-state index in [0.29, 0.717) is 5.57 Å². The average molecular weight is 777 g/mol. The van der Waals surface area contributed by atoms with Gasteiger partial charge in [0.2, 0.25) is 0 Å². The number of hydrogen-bond acceptors (Lipinski definition) is 14. The van der Waals surface area contributed by atoms with Gasteiger partial charge in [-0.3, -0.25) is 19.2 Å². The highest BCUT2D eigenvalue weighted by atomic mass is 16.6. The Bertz CT molecular complexity index is 1930. The molecule has 3 fully saturated rings. The summed E-state index contributed by atoms with van der Waals surface area (Å²) in [7, 11) is 0. The van der Waals surface area contributed by atoms with Gasteiger partial charge in [-0.05, 0) is 56.2 Å². The van der Waals surface area contributed by atoms with Crippen LogP contribution in [0.4, 0.5) is 0 Å². The standard InChI is InChI=1S/C42H48O14/c1-22-29(54-37(47)27-15-11-9-12-16-27)20-41(39(6,7)49)32(22)33(55-38(48)28-17-13-10-14-18-28)35(52-24(3)44)40(8)30(51-23(2)43)19-31-42(21-50-31,56-26(5)46)34(40)36(41)53-25(4)45/h9-18,29-31,33-36,49H,19-21H2,1-8H3. The Labute approximate surface area is 324 Å². The van der Waals surface area contributed by atoms with Crippen molar-refractivity contribution in [3.8, 4) is 0 Å². The lowest BCUT2D eigenvalue weighted by atomic mass is 9.49. The van der Waals surface area contributed by atoms with Crippen LogP contribution in [0.5, 0.6) is 0 Å². The SMILES string of the molecule is CC(=O)OC1CC2OCC2(OC(C)=O)C2C(OC(C)=O)C3(C(C)(C)O)CC(OC(=O)c4ccccc4)C(C)=C3C(OC(=O)c3ccccc3)C(OC(C)=O)C12C. The summed E-state index contributed by atoms with van der Waals surface area (Å²) in [6.45, 7) is 10.8. The lowest BCUT2D eigenvalue weighted by molar-refractivity contribution is -0.352. The summed E-state index contributed by atoms with van der Waals surface area (Å²) in [6, 6.07) is 16.3. The number of aliphatic hydroxyl groups is 1. The van der Waals surface area contributed by atoms with E-state index in [1.54, 1.807) is 62.4 Å². The molecule has 0 aromatic heterocycles. The second-order valence-corrected chi connectivity index (χ2v) is 15.9. The number of benzene rings is 2.